The Bertz CT molecular complexity index is 350. The fourth-order valence-electron chi connectivity index (χ4n) is 2.37. The molecule has 96 valence electrons. The summed E-state index contributed by atoms with van der Waals surface area (Å²) in [5.41, 5.74) is 6.82. The third kappa shape index (κ3) is 3.61. The molecule has 0 radical (unpaired) electrons. The smallest absolute Gasteiger partial charge is 0.369 e. The van der Waals surface area contributed by atoms with E-state index < -0.39 is 18.5 Å². The highest BCUT2D eigenvalue weighted by Gasteiger charge is 2.35. The van der Waals surface area contributed by atoms with E-state index in [1.165, 1.54) is 0 Å². The van der Waals surface area contributed by atoms with Crippen LogP contribution in [0, 0.1) is 5.92 Å². The molecule has 0 bridgehead atoms. The Morgan fingerprint density at radius 3 is 2.76 bits per heavy atom. The Morgan fingerprint density at radius 2 is 2.18 bits per heavy atom. The maximum atomic E-state index is 12.4. The van der Waals surface area contributed by atoms with E-state index in [1.807, 2.05) is 21.7 Å². The maximum Gasteiger partial charge on any atom is 0.389 e. The van der Waals surface area contributed by atoms with Crippen molar-refractivity contribution in [2.24, 2.45) is 11.7 Å². The van der Waals surface area contributed by atoms with E-state index in [4.69, 9.17) is 5.73 Å². The van der Waals surface area contributed by atoms with Crippen molar-refractivity contribution in [3.8, 4) is 0 Å². The molecule has 0 amide bonds. The second-order valence-corrected chi connectivity index (χ2v) is 5.35. The molecule has 1 aliphatic rings. The Hall–Kier alpha value is -0.750. The lowest BCUT2D eigenvalue weighted by Crippen LogP contribution is -2.47. The molecule has 17 heavy (non-hydrogen) atoms. The molecule has 1 saturated heterocycles. The first-order chi connectivity index (χ1) is 7.94. The molecule has 0 spiro atoms. The highest BCUT2D eigenvalue weighted by atomic mass is 32.1. The predicted molar refractivity (Wildman–Crippen MR) is 63.3 cm³/mol. The van der Waals surface area contributed by atoms with E-state index >= 15 is 0 Å². The number of thiophene rings is 1. The zero-order valence-corrected chi connectivity index (χ0v) is 10.1. The number of halogens is 3. The van der Waals surface area contributed by atoms with Crippen LogP contribution in [0.5, 0.6) is 0 Å². The number of nitrogens with zero attached hydrogens (tertiary/aromatic N) is 1. The SMILES string of the molecule is NC1CC(CC(F)(F)F)CN(c2ccsc2)C1. The molecular formula is C11H15F3N2S. The van der Waals surface area contributed by atoms with Crippen molar-refractivity contribution in [2.75, 3.05) is 18.0 Å². The van der Waals surface area contributed by atoms with E-state index in [-0.39, 0.29) is 6.04 Å². The predicted octanol–water partition coefficient (Wildman–Crippen LogP) is 2.85. The van der Waals surface area contributed by atoms with Gasteiger partial charge in [-0.1, -0.05) is 0 Å². The van der Waals surface area contributed by atoms with Crippen LogP contribution >= 0.6 is 11.3 Å². The van der Waals surface area contributed by atoms with Gasteiger partial charge in [0.15, 0.2) is 0 Å². The van der Waals surface area contributed by atoms with Crippen LogP contribution in [0.1, 0.15) is 12.8 Å². The van der Waals surface area contributed by atoms with Crippen LogP contribution in [0.4, 0.5) is 18.9 Å². The molecule has 1 aromatic rings. The molecule has 2 heterocycles. The summed E-state index contributed by atoms with van der Waals surface area (Å²) in [5.74, 6) is -0.390. The van der Waals surface area contributed by atoms with Gasteiger partial charge in [0.1, 0.15) is 0 Å². The third-order valence-corrected chi connectivity index (χ3v) is 3.63. The summed E-state index contributed by atoms with van der Waals surface area (Å²) in [6.07, 6.45) is -4.37. The fraction of sp³-hybridized carbons (Fsp3) is 0.636. The van der Waals surface area contributed by atoms with Crippen molar-refractivity contribution in [3.05, 3.63) is 16.8 Å². The summed E-state index contributed by atoms with van der Waals surface area (Å²) in [6.45, 7) is 1.09. The van der Waals surface area contributed by atoms with Crippen LogP contribution in [-0.2, 0) is 0 Å². The van der Waals surface area contributed by atoms with E-state index in [0.29, 0.717) is 19.5 Å². The van der Waals surface area contributed by atoms with Gasteiger partial charge >= 0.3 is 6.18 Å². The van der Waals surface area contributed by atoms with E-state index in [1.54, 1.807) is 11.3 Å². The first-order valence-electron chi connectivity index (χ1n) is 5.53. The lowest BCUT2D eigenvalue weighted by Gasteiger charge is -2.37. The minimum atomic E-state index is -4.10. The van der Waals surface area contributed by atoms with Gasteiger partial charge in [0.2, 0.25) is 0 Å². The van der Waals surface area contributed by atoms with Crippen molar-refractivity contribution < 1.29 is 13.2 Å². The second-order valence-electron chi connectivity index (χ2n) is 4.57. The Labute approximate surface area is 102 Å². The Kier molecular flexibility index (Phi) is 3.63. The lowest BCUT2D eigenvalue weighted by molar-refractivity contribution is -0.145. The first kappa shape index (κ1) is 12.7. The molecule has 0 aromatic carbocycles. The van der Waals surface area contributed by atoms with Gasteiger partial charge in [0.25, 0.3) is 0 Å². The molecule has 6 heteroatoms. The summed E-state index contributed by atoms with van der Waals surface area (Å²) in [5, 5.41) is 3.87. The third-order valence-electron chi connectivity index (χ3n) is 2.96. The topological polar surface area (TPSA) is 29.3 Å². The fourth-order valence-corrected chi connectivity index (χ4v) is 3.03. The highest BCUT2D eigenvalue weighted by Crippen LogP contribution is 2.32. The molecule has 0 saturated carbocycles. The number of alkyl halides is 3. The maximum absolute atomic E-state index is 12.4. The molecule has 2 N–H and O–H groups in total. The van der Waals surface area contributed by atoms with E-state index in [0.717, 1.165) is 5.69 Å². The number of nitrogens with two attached hydrogens (primary N) is 1. The molecule has 2 unspecified atom stereocenters. The van der Waals surface area contributed by atoms with Crippen LogP contribution in [0.2, 0.25) is 0 Å². The number of hydrogen-bond donors (Lipinski definition) is 1. The van der Waals surface area contributed by atoms with Crippen LogP contribution in [0.15, 0.2) is 16.8 Å². The number of hydrogen-bond acceptors (Lipinski definition) is 3. The Balaban J connectivity index is 2.02. The summed E-state index contributed by atoms with van der Waals surface area (Å²) < 4.78 is 37.1. The van der Waals surface area contributed by atoms with Gasteiger partial charge < -0.3 is 10.6 Å². The Morgan fingerprint density at radius 1 is 1.41 bits per heavy atom. The normalized spacial score (nSPS) is 26.2. The van der Waals surface area contributed by atoms with Gasteiger partial charge in [-0.05, 0) is 23.8 Å². The standard InChI is InChI=1S/C11H15F3N2S/c12-11(13,14)4-8-3-9(15)6-16(5-8)10-1-2-17-7-10/h1-2,7-9H,3-6,15H2. The average molecular weight is 264 g/mol. The van der Waals surface area contributed by atoms with Crippen molar-refractivity contribution in [1.82, 2.24) is 0 Å². The number of anilines is 1. The summed E-state index contributed by atoms with van der Waals surface area (Å²) in [7, 11) is 0. The summed E-state index contributed by atoms with van der Waals surface area (Å²) in [6, 6.07) is 1.75. The zero-order valence-electron chi connectivity index (χ0n) is 9.28. The molecule has 0 aliphatic carbocycles. The molecule has 2 atom stereocenters. The van der Waals surface area contributed by atoms with Crippen LogP contribution < -0.4 is 10.6 Å². The van der Waals surface area contributed by atoms with Gasteiger partial charge in [0, 0.05) is 36.6 Å². The quantitative estimate of drug-likeness (QED) is 0.890. The van der Waals surface area contributed by atoms with Gasteiger partial charge in [0.05, 0.1) is 0 Å². The second kappa shape index (κ2) is 4.86. The number of piperidine rings is 1. The minimum Gasteiger partial charge on any atom is -0.369 e. The number of rotatable bonds is 2. The summed E-state index contributed by atoms with van der Waals surface area (Å²) in [4.78, 5) is 1.96. The van der Waals surface area contributed by atoms with Crippen LogP contribution in [0.25, 0.3) is 0 Å². The minimum absolute atomic E-state index is 0.170. The van der Waals surface area contributed by atoms with Crippen molar-refractivity contribution in [3.63, 3.8) is 0 Å². The van der Waals surface area contributed by atoms with E-state index in [2.05, 4.69) is 0 Å². The van der Waals surface area contributed by atoms with Crippen molar-refractivity contribution in [1.29, 1.82) is 0 Å². The molecule has 2 rings (SSSR count). The summed E-state index contributed by atoms with van der Waals surface area (Å²) >= 11 is 1.54. The average Bonchev–Trinajstić information content (AvgIpc) is 2.65. The molecule has 1 aliphatic heterocycles. The van der Waals surface area contributed by atoms with Gasteiger partial charge in [-0.3, -0.25) is 0 Å². The van der Waals surface area contributed by atoms with Crippen LogP contribution in [-0.4, -0.2) is 25.3 Å². The van der Waals surface area contributed by atoms with Crippen molar-refractivity contribution in [2.45, 2.75) is 25.1 Å². The molecule has 1 fully saturated rings. The monoisotopic (exact) mass is 264 g/mol. The largest absolute Gasteiger partial charge is 0.389 e. The molecule has 2 nitrogen and oxygen atoms in total. The molecular weight excluding hydrogens is 249 g/mol. The van der Waals surface area contributed by atoms with Crippen LogP contribution in [0.3, 0.4) is 0 Å². The first-order valence-corrected chi connectivity index (χ1v) is 6.48. The molecule has 1 aromatic heterocycles. The van der Waals surface area contributed by atoms with Gasteiger partial charge in [-0.15, -0.1) is 0 Å². The highest BCUT2D eigenvalue weighted by molar-refractivity contribution is 7.08. The van der Waals surface area contributed by atoms with Crippen molar-refractivity contribution >= 4 is 17.0 Å². The lowest BCUT2D eigenvalue weighted by atomic mass is 9.91. The van der Waals surface area contributed by atoms with Gasteiger partial charge in [-0.25, -0.2) is 0 Å². The van der Waals surface area contributed by atoms with Gasteiger partial charge in [-0.2, -0.15) is 24.5 Å². The van der Waals surface area contributed by atoms with E-state index in [9.17, 15) is 13.2 Å². The zero-order chi connectivity index (χ0) is 12.5.